The fraction of sp³-hybridized carbons (Fsp3) is 0.258. The van der Waals surface area contributed by atoms with E-state index in [1.807, 2.05) is 67.6 Å². The molecule has 0 spiro atoms. The van der Waals surface area contributed by atoms with Gasteiger partial charge in [-0.05, 0) is 42.5 Å². The maximum atomic E-state index is 12.6. The molecule has 1 aliphatic heterocycles. The molecule has 210 valence electrons. The van der Waals surface area contributed by atoms with Gasteiger partial charge < -0.3 is 14.4 Å². The van der Waals surface area contributed by atoms with Crippen molar-refractivity contribution in [2.45, 2.75) is 46.1 Å². The first-order valence-electron chi connectivity index (χ1n) is 13.6. The van der Waals surface area contributed by atoms with Gasteiger partial charge in [-0.1, -0.05) is 73.1 Å². The third kappa shape index (κ3) is 6.11. The topological polar surface area (TPSA) is 136 Å². The molecule has 10 nitrogen and oxygen atoms in total. The Morgan fingerprint density at radius 1 is 1.10 bits per heavy atom. The summed E-state index contributed by atoms with van der Waals surface area (Å²) in [5.41, 5.74) is 4.44. The molecule has 2 N–H and O–H groups in total. The van der Waals surface area contributed by atoms with Gasteiger partial charge in [0, 0.05) is 18.5 Å². The number of hydrogen-bond acceptors (Lipinski definition) is 7. The number of carboxylic acids is 1. The maximum absolute atomic E-state index is 12.6. The summed E-state index contributed by atoms with van der Waals surface area (Å²) in [6, 6.07) is 15.4. The lowest BCUT2D eigenvalue weighted by Crippen LogP contribution is -2.13. The number of carboxylic acid groups (broad SMARTS) is 1. The van der Waals surface area contributed by atoms with Crippen LogP contribution in [0, 0.1) is 0 Å². The van der Waals surface area contributed by atoms with Gasteiger partial charge in [0.15, 0.2) is 11.5 Å². The Morgan fingerprint density at radius 2 is 1.88 bits per heavy atom. The first-order chi connectivity index (χ1) is 20.0. The summed E-state index contributed by atoms with van der Waals surface area (Å²) in [6.07, 6.45) is 8.45. The molecule has 0 saturated heterocycles. The van der Waals surface area contributed by atoms with E-state index in [2.05, 4.69) is 22.1 Å². The molecule has 41 heavy (non-hydrogen) atoms. The van der Waals surface area contributed by atoms with Gasteiger partial charge in [0.2, 0.25) is 0 Å². The molecule has 0 radical (unpaired) electrons. The third-order valence-corrected chi connectivity index (χ3v) is 6.75. The normalized spacial score (nSPS) is 13.0. The number of aryl methyl sites for hydroxylation is 1. The van der Waals surface area contributed by atoms with Crippen LogP contribution in [0.4, 0.5) is 0 Å². The molecule has 0 aliphatic carbocycles. The molecule has 2 aromatic heterocycles. The number of hydrogen-bond donors (Lipinski definition) is 2. The number of H-pyrrole nitrogens is 1. The van der Waals surface area contributed by atoms with Gasteiger partial charge in [0.1, 0.15) is 17.3 Å². The van der Waals surface area contributed by atoms with Crippen molar-refractivity contribution >= 4 is 17.9 Å². The Morgan fingerprint density at radius 3 is 2.56 bits per heavy atom. The van der Waals surface area contributed by atoms with Crippen molar-refractivity contribution in [2.75, 3.05) is 6.61 Å². The summed E-state index contributed by atoms with van der Waals surface area (Å²) in [7, 11) is 0. The highest BCUT2D eigenvalue weighted by Gasteiger charge is 2.25. The van der Waals surface area contributed by atoms with Crippen molar-refractivity contribution in [1.29, 1.82) is 0 Å². The number of nitrogens with zero attached hydrogens (tertiary/aromatic N) is 4. The van der Waals surface area contributed by atoms with Crippen molar-refractivity contribution in [1.82, 2.24) is 19.7 Å². The van der Waals surface area contributed by atoms with Crippen LogP contribution < -0.4 is 5.76 Å². The van der Waals surface area contributed by atoms with Crippen LogP contribution in [-0.4, -0.2) is 43.6 Å². The summed E-state index contributed by atoms with van der Waals surface area (Å²) in [6.45, 7) is 4.86. The van der Waals surface area contributed by atoms with E-state index in [1.165, 1.54) is 0 Å². The Labute approximate surface area is 236 Å². The number of carbonyl (C=O) groups is 1. The van der Waals surface area contributed by atoms with Crippen LogP contribution >= 0.6 is 0 Å². The van der Waals surface area contributed by atoms with Crippen molar-refractivity contribution in [2.24, 2.45) is 4.99 Å². The van der Waals surface area contributed by atoms with Crippen LogP contribution in [0.3, 0.4) is 0 Å². The molecular formula is C31H31N5O5. The summed E-state index contributed by atoms with van der Waals surface area (Å²) in [4.78, 5) is 36.1. The fourth-order valence-electron chi connectivity index (χ4n) is 4.80. The zero-order valence-electron chi connectivity index (χ0n) is 23.0. The molecule has 3 heterocycles. The molecule has 0 amide bonds. The summed E-state index contributed by atoms with van der Waals surface area (Å²) in [5.74, 6) is 0.0428. The van der Waals surface area contributed by atoms with Crippen LogP contribution in [0.2, 0.25) is 0 Å². The first kappa shape index (κ1) is 27.6. The lowest BCUT2D eigenvalue weighted by molar-refractivity contribution is 0.0685. The first-order valence-corrected chi connectivity index (χ1v) is 13.6. The van der Waals surface area contributed by atoms with E-state index >= 15 is 0 Å². The number of imidazole rings is 1. The van der Waals surface area contributed by atoms with Crippen LogP contribution in [0.5, 0.6) is 0 Å². The van der Waals surface area contributed by atoms with Gasteiger partial charge in [0.05, 0.1) is 18.5 Å². The molecule has 4 aromatic rings. The molecule has 2 aromatic carbocycles. The molecule has 0 atom stereocenters. The standard InChI is InChI=1S/C31H31N5O5/c1-3-5-13-26-33-27(25-12-8-9-22(18-32-25)40-4-2)28(30(37)38)36(26)19-20-14-16-21(17-15-20)23-10-6-7-11-24(23)29-34-31(39)41-35-29/h6-7,9-12,14-18H,3-5,8,13,19H2,1-2H3,(H,37,38)(H,34,35,39). The molecule has 5 rings (SSSR count). The highest BCUT2D eigenvalue weighted by molar-refractivity contribution is 5.93. The number of unbranched alkanes of at least 4 members (excludes halogenated alkanes) is 1. The van der Waals surface area contributed by atoms with Gasteiger partial charge in [-0.15, -0.1) is 0 Å². The molecule has 0 fully saturated rings. The van der Waals surface area contributed by atoms with Crippen molar-refractivity contribution in [3.8, 4) is 22.5 Å². The average molecular weight is 554 g/mol. The number of allylic oxidation sites excluding steroid dienone is 3. The molecule has 0 bridgehead atoms. The van der Waals surface area contributed by atoms with E-state index in [0.717, 1.165) is 35.1 Å². The highest BCUT2D eigenvalue weighted by atomic mass is 16.5. The zero-order valence-corrected chi connectivity index (χ0v) is 23.0. The monoisotopic (exact) mass is 553 g/mol. The number of rotatable bonds is 11. The van der Waals surface area contributed by atoms with Gasteiger partial charge in [0.25, 0.3) is 0 Å². The van der Waals surface area contributed by atoms with Crippen LogP contribution in [-0.2, 0) is 17.7 Å². The Balaban J connectivity index is 1.49. The second-order valence-electron chi connectivity index (χ2n) is 9.53. The van der Waals surface area contributed by atoms with E-state index < -0.39 is 11.7 Å². The van der Waals surface area contributed by atoms with Crippen molar-refractivity contribution in [3.63, 3.8) is 0 Å². The second kappa shape index (κ2) is 12.5. The predicted molar refractivity (Wildman–Crippen MR) is 156 cm³/mol. The van der Waals surface area contributed by atoms with Crippen LogP contribution in [0.1, 0.15) is 60.7 Å². The Kier molecular flexibility index (Phi) is 8.38. The lowest BCUT2D eigenvalue weighted by atomic mass is 9.98. The number of aromatic nitrogens is 4. The number of nitrogens with one attached hydrogen (secondary N) is 1. The summed E-state index contributed by atoms with van der Waals surface area (Å²) < 4.78 is 12.1. The molecular weight excluding hydrogens is 522 g/mol. The van der Waals surface area contributed by atoms with Crippen molar-refractivity contribution in [3.05, 3.63) is 99.8 Å². The number of benzene rings is 2. The van der Waals surface area contributed by atoms with E-state index in [9.17, 15) is 14.7 Å². The minimum absolute atomic E-state index is 0.115. The van der Waals surface area contributed by atoms with Crippen LogP contribution in [0.25, 0.3) is 28.2 Å². The number of aromatic carboxylic acids is 1. The SMILES string of the molecule is CCCCc1nc(C2=CCC=C(OCC)C=N2)c(C(=O)O)n1Cc1ccc(-c2ccccc2-c2noc(=O)[nH]2)cc1. The van der Waals surface area contributed by atoms with Crippen molar-refractivity contribution < 1.29 is 19.2 Å². The van der Waals surface area contributed by atoms with Gasteiger partial charge in [-0.25, -0.2) is 14.6 Å². The predicted octanol–water partition coefficient (Wildman–Crippen LogP) is 5.72. The molecule has 10 heteroatoms. The minimum Gasteiger partial charge on any atom is -0.493 e. The summed E-state index contributed by atoms with van der Waals surface area (Å²) >= 11 is 0. The van der Waals surface area contributed by atoms with Gasteiger partial charge >= 0.3 is 11.7 Å². The summed E-state index contributed by atoms with van der Waals surface area (Å²) in [5, 5.41) is 14.1. The van der Waals surface area contributed by atoms with Gasteiger partial charge in [-0.2, -0.15) is 0 Å². The molecule has 0 saturated carbocycles. The Bertz CT molecular complexity index is 1690. The van der Waals surface area contributed by atoms with Gasteiger partial charge in [-0.3, -0.25) is 14.5 Å². The largest absolute Gasteiger partial charge is 0.493 e. The minimum atomic E-state index is -1.05. The lowest BCUT2D eigenvalue weighted by Gasteiger charge is -2.12. The average Bonchev–Trinajstić information content (AvgIpc) is 3.49. The van der Waals surface area contributed by atoms with Crippen LogP contribution in [0.15, 0.2) is 80.8 Å². The highest BCUT2D eigenvalue weighted by Crippen LogP contribution is 2.31. The van der Waals surface area contributed by atoms with E-state index in [0.29, 0.717) is 54.8 Å². The number of aliphatic imine (C=N–C) groups is 1. The maximum Gasteiger partial charge on any atom is 0.439 e. The van der Waals surface area contributed by atoms with E-state index in [1.54, 1.807) is 10.8 Å². The smallest absolute Gasteiger partial charge is 0.439 e. The second-order valence-corrected chi connectivity index (χ2v) is 9.53. The molecule has 1 aliphatic rings. The molecule has 0 unspecified atom stereocenters. The Hall–Kier alpha value is -4.99. The van der Waals surface area contributed by atoms with E-state index in [-0.39, 0.29) is 5.69 Å². The zero-order chi connectivity index (χ0) is 28.8. The third-order valence-electron chi connectivity index (χ3n) is 6.75. The van der Waals surface area contributed by atoms with E-state index in [4.69, 9.17) is 14.2 Å². The number of aromatic amines is 1. The quantitative estimate of drug-likeness (QED) is 0.242. The fourth-order valence-corrected chi connectivity index (χ4v) is 4.80. The number of ether oxygens (including phenoxy) is 1.